The Balaban J connectivity index is 0.000000185. The fourth-order valence-electron chi connectivity index (χ4n) is 2.11. The van der Waals surface area contributed by atoms with Crippen LogP contribution in [0.15, 0.2) is 42.6 Å². The van der Waals surface area contributed by atoms with Gasteiger partial charge < -0.3 is 36.3 Å². The molecule has 2 aromatic carbocycles. The largest absolute Gasteiger partial charge is 0.504 e. The van der Waals surface area contributed by atoms with Crippen LogP contribution in [0.4, 0.5) is 0 Å². The molecule has 25 heavy (non-hydrogen) atoms. The Bertz CT molecular complexity index is 854. The van der Waals surface area contributed by atoms with E-state index >= 15 is 0 Å². The number of fused-ring (bicyclic) bond motifs is 1. The summed E-state index contributed by atoms with van der Waals surface area (Å²) in [5, 5.41) is 45.7. The Labute approximate surface area is 142 Å². The predicted molar refractivity (Wildman–Crippen MR) is 90.7 cm³/mol. The molecule has 0 fully saturated rings. The molecular formula is C17H18N2O6. The minimum absolute atomic E-state index is 0.0860. The molecule has 1 aromatic heterocycles. The monoisotopic (exact) mass is 346 g/mol. The highest BCUT2D eigenvalue weighted by Gasteiger charge is 2.12. The summed E-state index contributed by atoms with van der Waals surface area (Å²) >= 11 is 0. The maximum Gasteiger partial charge on any atom is 0.320 e. The van der Waals surface area contributed by atoms with Gasteiger partial charge in [0.05, 0.1) is 0 Å². The first-order valence-electron chi connectivity index (χ1n) is 7.26. The van der Waals surface area contributed by atoms with Crippen molar-refractivity contribution in [1.82, 2.24) is 4.98 Å². The molecule has 1 atom stereocenters. The SMILES string of the molecule is NC(Cc1ccc(O)c(O)c1)C(=O)O.Oc1cc2cc[nH]c2cc1O. The highest BCUT2D eigenvalue weighted by Crippen LogP contribution is 2.29. The van der Waals surface area contributed by atoms with Crippen LogP contribution in [0.2, 0.25) is 0 Å². The van der Waals surface area contributed by atoms with Crippen LogP contribution in [0.1, 0.15) is 5.56 Å². The van der Waals surface area contributed by atoms with Gasteiger partial charge in [0.2, 0.25) is 0 Å². The van der Waals surface area contributed by atoms with Crippen molar-refractivity contribution in [3.05, 3.63) is 48.2 Å². The molecule has 0 saturated heterocycles. The van der Waals surface area contributed by atoms with E-state index in [1.165, 1.54) is 30.3 Å². The average Bonchev–Trinajstić information content (AvgIpc) is 2.99. The summed E-state index contributed by atoms with van der Waals surface area (Å²) in [6.45, 7) is 0. The first-order valence-corrected chi connectivity index (χ1v) is 7.26. The Morgan fingerprint density at radius 1 is 0.960 bits per heavy atom. The number of aromatic amines is 1. The molecule has 132 valence electrons. The Hall–Kier alpha value is -3.39. The van der Waals surface area contributed by atoms with Crippen molar-refractivity contribution in [2.24, 2.45) is 5.73 Å². The second-order valence-electron chi connectivity index (χ2n) is 5.38. The van der Waals surface area contributed by atoms with Gasteiger partial charge in [0.25, 0.3) is 0 Å². The predicted octanol–water partition coefficient (Wildman–Crippen LogP) is 1.63. The van der Waals surface area contributed by atoms with Crippen LogP contribution in [-0.4, -0.2) is 42.5 Å². The second-order valence-corrected chi connectivity index (χ2v) is 5.38. The minimum atomic E-state index is -1.10. The maximum atomic E-state index is 10.4. The Kier molecular flexibility index (Phi) is 5.35. The zero-order chi connectivity index (χ0) is 18.6. The third-order valence-electron chi connectivity index (χ3n) is 3.46. The van der Waals surface area contributed by atoms with Crippen LogP contribution in [0.3, 0.4) is 0 Å². The van der Waals surface area contributed by atoms with E-state index in [-0.39, 0.29) is 29.4 Å². The van der Waals surface area contributed by atoms with E-state index in [9.17, 15) is 4.79 Å². The van der Waals surface area contributed by atoms with E-state index in [1.807, 2.05) is 6.07 Å². The lowest BCUT2D eigenvalue weighted by Gasteiger charge is -2.06. The number of hydrogen-bond acceptors (Lipinski definition) is 6. The molecule has 8 nitrogen and oxygen atoms in total. The van der Waals surface area contributed by atoms with E-state index in [0.29, 0.717) is 5.56 Å². The number of hydrogen-bond donors (Lipinski definition) is 7. The molecule has 0 aliphatic carbocycles. The molecule has 0 aliphatic rings. The summed E-state index contributed by atoms with van der Waals surface area (Å²) in [6, 6.07) is 7.93. The van der Waals surface area contributed by atoms with Crippen LogP contribution in [0.5, 0.6) is 23.0 Å². The van der Waals surface area contributed by atoms with Gasteiger partial charge in [0, 0.05) is 23.2 Å². The number of phenolic OH excluding ortho intramolecular Hbond substituents is 4. The van der Waals surface area contributed by atoms with Gasteiger partial charge in [-0.3, -0.25) is 4.79 Å². The fraction of sp³-hybridized carbons (Fsp3) is 0.118. The molecule has 0 spiro atoms. The van der Waals surface area contributed by atoms with Crippen molar-refractivity contribution in [3.8, 4) is 23.0 Å². The van der Waals surface area contributed by atoms with Crippen molar-refractivity contribution in [2.45, 2.75) is 12.5 Å². The first kappa shape index (κ1) is 18.0. The van der Waals surface area contributed by atoms with E-state index in [0.717, 1.165) is 10.9 Å². The molecule has 0 bridgehead atoms. The zero-order valence-corrected chi connectivity index (χ0v) is 13.0. The zero-order valence-electron chi connectivity index (χ0n) is 13.0. The molecule has 3 rings (SSSR count). The third-order valence-corrected chi connectivity index (χ3v) is 3.46. The first-order chi connectivity index (χ1) is 11.8. The second kappa shape index (κ2) is 7.45. The number of rotatable bonds is 3. The number of phenols is 4. The lowest BCUT2D eigenvalue weighted by Crippen LogP contribution is -2.32. The highest BCUT2D eigenvalue weighted by atomic mass is 16.4. The van der Waals surface area contributed by atoms with Crippen molar-refractivity contribution >= 4 is 16.9 Å². The number of H-pyrrole nitrogens is 1. The number of nitrogens with two attached hydrogens (primary N) is 1. The average molecular weight is 346 g/mol. The van der Waals surface area contributed by atoms with Crippen LogP contribution in [0.25, 0.3) is 10.9 Å². The summed E-state index contributed by atoms with van der Waals surface area (Å²) in [5.74, 6) is -1.80. The molecule has 0 aliphatic heterocycles. The van der Waals surface area contributed by atoms with Crippen molar-refractivity contribution in [3.63, 3.8) is 0 Å². The topological polar surface area (TPSA) is 160 Å². The Morgan fingerprint density at radius 3 is 2.24 bits per heavy atom. The minimum Gasteiger partial charge on any atom is -0.504 e. The van der Waals surface area contributed by atoms with Gasteiger partial charge in [-0.05, 0) is 36.2 Å². The number of aliphatic carboxylic acids is 1. The molecule has 8 heteroatoms. The summed E-state index contributed by atoms with van der Waals surface area (Å²) in [4.78, 5) is 13.3. The summed E-state index contributed by atoms with van der Waals surface area (Å²) in [6.07, 6.45) is 1.87. The van der Waals surface area contributed by atoms with Gasteiger partial charge in [-0.2, -0.15) is 0 Å². The lowest BCUT2D eigenvalue weighted by molar-refractivity contribution is -0.138. The summed E-state index contributed by atoms with van der Waals surface area (Å²) in [7, 11) is 0. The molecule has 8 N–H and O–H groups in total. The number of nitrogens with one attached hydrogen (secondary N) is 1. The van der Waals surface area contributed by atoms with Gasteiger partial charge >= 0.3 is 5.97 Å². The number of carboxylic acids is 1. The van der Waals surface area contributed by atoms with Gasteiger partial charge in [-0.25, -0.2) is 0 Å². The molecular weight excluding hydrogens is 328 g/mol. The number of benzene rings is 2. The van der Waals surface area contributed by atoms with Gasteiger partial charge in [-0.15, -0.1) is 0 Å². The van der Waals surface area contributed by atoms with Crippen LogP contribution in [-0.2, 0) is 11.2 Å². The smallest absolute Gasteiger partial charge is 0.320 e. The van der Waals surface area contributed by atoms with Gasteiger partial charge in [-0.1, -0.05) is 6.07 Å². The Morgan fingerprint density at radius 2 is 1.60 bits per heavy atom. The summed E-state index contributed by atoms with van der Waals surface area (Å²) < 4.78 is 0. The molecule has 0 radical (unpaired) electrons. The maximum absolute atomic E-state index is 10.4. The van der Waals surface area contributed by atoms with Crippen LogP contribution < -0.4 is 5.73 Å². The van der Waals surface area contributed by atoms with E-state index < -0.39 is 12.0 Å². The number of carboxylic acid groups (broad SMARTS) is 1. The third kappa shape index (κ3) is 4.55. The van der Waals surface area contributed by atoms with E-state index in [4.69, 9.17) is 31.3 Å². The van der Waals surface area contributed by atoms with Crippen molar-refractivity contribution in [1.29, 1.82) is 0 Å². The quantitative estimate of drug-likeness (QED) is 0.355. The van der Waals surface area contributed by atoms with Crippen molar-refractivity contribution < 1.29 is 30.3 Å². The normalized spacial score (nSPS) is 11.6. The van der Waals surface area contributed by atoms with Crippen LogP contribution in [0, 0.1) is 0 Å². The van der Waals surface area contributed by atoms with E-state index in [1.54, 1.807) is 6.20 Å². The van der Waals surface area contributed by atoms with Gasteiger partial charge in [0.15, 0.2) is 23.0 Å². The molecule has 0 saturated carbocycles. The van der Waals surface area contributed by atoms with Crippen LogP contribution >= 0.6 is 0 Å². The summed E-state index contributed by atoms with van der Waals surface area (Å²) in [5.41, 5.74) is 6.68. The molecule has 3 aromatic rings. The standard InChI is InChI=1S/C9H11NO4.C8H7NO2/c10-6(9(13)14)3-5-1-2-7(11)8(12)4-5;10-7-3-5-1-2-9-6(5)4-8(7)11/h1-2,4,6,11-12H,3,10H2,(H,13,14);1-4,9-11H. The molecule has 1 unspecified atom stereocenters. The van der Waals surface area contributed by atoms with E-state index in [2.05, 4.69) is 4.98 Å². The highest BCUT2D eigenvalue weighted by molar-refractivity contribution is 5.82. The lowest BCUT2D eigenvalue weighted by atomic mass is 10.1. The number of aromatic nitrogens is 1. The van der Waals surface area contributed by atoms with Gasteiger partial charge in [0.1, 0.15) is 6.04 Å². The molecule has 1 heterocycles. The van der Waals surface area contributed by atoms with Crippen molar-refractivity contribution in [2.75, 3.05) is 0 Å². The fourth-order valence-corrected chi connectivity index (χ4v) is 2.11. The molecule has 0 amide bonds. The number of carbonyl (C=O) groups is 1. The number of aromatic hydroxyl groups is 4.